The van der Waals surface area contributed by atoms with E-state index in [0.717, 1.165) is 16.9 Å². The molecular weight excluding hydrogens is 436 g/mol. The minimum absolute atomic E-state index is 0.106. The summed E-state index contributed by atoms with van der Waals surface area (Å²) in [6.07, 6.45) is 2.88. The highest BCUT2D eigenvalue weighted by Gasteiger charge is 2.12. The lowest BCUT2D eigenvalue weighted by Gasteiger charge is -2.09. The summed E-state index contributed by atoms with van der Waals surface area (Å²) in [7, 11) is 3.18. The van der Waals surface area contributed by atoms with E-state index >= 15 is 0 Å². The first-order valence-corrected chi connectivity index (χ1v) is 10.4. The lowest BCUT2D eigenvalue weighted by molar-refractivity contribution is -0.138. The fraction of sp³-hybridized carbons (Fsp3) is 0.154. The van der Waals surface area contributed by atoms with Crippen LogP contribution in [0.2, 0.25) is 0 Å². The molecule has 176 valence electrons. The van der Waals surface area contributed by atoms with Crippen molar-refractivity contribution in [3.63, 3.8) is 0 Å². The molecule has 0 bridgehead atoms. The standard InChI is InChI=1S/C26H26N2O6/c1-31-21-9-5-17(6-10-21)19-4-3-18(24(15-19)32-2)7-12-25(29)33-13-14-34-26(30)22-16-20(27)8-11-23(22)28/h3-12,15-16H,13-14,27-28H2,1-2H3/b12-7+. The lowest BCUT2D eigenvalue weighted by atomic mass is 10.0. The van der Waals surface area contributed by atoms with E-state index in [9.17, 15) is 9.59 Å². The van der Waals surface area contributed by atoms with Crippen molar-refractivity contribution in [2.24, 2.45) is 0 Å². The fourth-order valence-electron chi connectivity index (χ4n) is 3.12. The number of rotatable bonds is 9. The number of carbonyl (C=O) groups excluding carboxylic acids is 2. The molecule has 0 amide bonds. The zero-order valence-electron chi connectivity index (χ0n) is 18.9. The number of benzene rings is 3. The summed E-state index contributed by atoms with van der Waals surface area (Å²) in [5.41, 5.74) is 14.9. The first-order chi connectivity index (χ1) is 16.4. The Morgan fingerprint density at radius 3 is 2.24 bits per heavy atom. The Morgan fingerprint density at radius 2 is 1.53 bits per heavy atom. The molecule has 0 saturated heterocycles. The van der Waals surface area contributed by atoms with Gasteiger partial charge in [0.15, 0.2) is 0 Å². The van der Waals surface area contributed by atoms with E-state index in [0.29, 0.717) is 17.0 Å². The van der Waals surface area contributed by atoms with Gasteiger partial charge in [0, 0.05) is 23.0 Å². The minimum atomic E-state index is -0.641. The summed E-state index contributed by atoms with van der Waals surface area (Å²) >= 11 is 0. The molecule has 3 rings (SSSR count). The summed E-state index contributed by atoms with van der Waals surface area (Å²) in [5.74, 6) is 0.155. The van der Waals surface area contributed by atoms with E-state index in [4.69, 9.17) is 30.4 Å². The van der Waals surface area contributed by atoms with E-state index in [-0.39, 0.29) is 24.5 Å². The van der Waals surface area contributed by atoms with Gasteiger partial charge in [-0.15, -0.1) is 0 Å². The molecule has 0 saturated carbocycles. The topological polar surface area (TPSA) is 123 Å². The number of esters is 2. The van der Waals surface area contributed by atoms with E-state index in [2.05, 4.69) is 0 Å². The van der Waals surface area contributed by atoms with Gasteiger partial charge in [-0.25, -0.2) is 9.59 Å². The van der Waals surface area contributed by atoms with Crippen LogP contribution >= 0.6 is 0 Å². The van der Waals surface area contributed by atoms with Crippen LogP contribution in [0.4, 0.5) is 11.4 Å². The fourth-order valence-corrected chi connectivity index (χ4v) is 3.12. The maximum absolute atomic E-state index is 12.1. The zero-order chi connectivity index (χ0) is 24.5. The van der Waals surface area contributed by atoms with Gasteiger partial charge in [0.05, 0.1) is 19.8 Å². The van der Waals surface area contributed by atoms with Crippen LogP contribution in [0.25, 0.3) is 17.2 Å². The van der Waals surface area contributed by atoms with Crippen LogP contribution in [0.15, 0.2) is 66.7 Å². The molecule has 0 aliphatic rings. The predicted octanol–water partition coefficient (Wildman–Crippen LogP) is 3.95. The number of nitrogen functional groups attached to an aromatic ring is 2. The van der Waals surface area contributed by atoms with Crippen LogP contribution in [0.1, 0.15) is 15.9 Å². The number of methoxy groups -OCH3 is 2. The van der Waals surface area contributed by atoms with Crippen LogP contribution in [0.5, 0.6) is 11.5 Å². The third-order valence-electron chi connectivity index (χ3n) is 4.91. The van der Waals surface area contributed by atoms with Gasteiger partial charge in [-0.1, -0.05) is 24.3 Å². The van der Waals surface area contributed by atoms with E-state index < -0.39 is 11.9 Å². The van der Waals surface area contributed by atoms with Crippen LogP contribution in [0, 0.1) is 0 Å². The molecule has 0 unspecified atom stereocenters. The molecule has 0 heterocycles. The third-order valence-corrected chi connectivity index (χ3v) is 4.91. The molecular formula is C26H26N2O6. The van der Waals surface area contributed by atoms with Gasteiger partial charge in [0.2, 0.25) is 0 Å². The van der Waals surface area contributed by atoms with Crippen molar-refractivity contribution >= 4 is 29.4 Å². The maximum Gasteiger partial charge on any atom is 0.340 e. The second-order valence-electron chi connectivity index (χ2n) is 7.17. The van der Waals surface area contributed by atoms with Crippen molar-refractivity contribution in [2.45, 2.75) is 0 Å². The van der Waals surface area contributed by atoms with Gasteiger partial charge >= 0.3 is 11.9 Å². The van der Waals surface area contributed by atoms with Crippen LogP contribution in [-0.4, -0.2) is 39.4 Å². The first kappa shape index (κ1) is 24.2. The largest absolute Gasteiger partial charge is 0.497 e. The molecule has 0 radical (unpaired) electrons. The lowest BCUT2D eigenvalue weighted by Crippen LogP contribution is -2.14. The van der Waals surface area contributed by atoms with E-state index in [1.807, 2.05) is 42.5 Å². The molecule has 4 N–H and O–H groups in total. The highest BCUT2D eigenvalue weighted by Crippen LogP contribution is 2.29. The summed E-state index contributed by atoms with van der Waals surface area (Å²) in [4.78, 5) is 24.1. The Kier molecular flexibility index (Phi) is 8.12. The van der Waals surface area contributed by atoms with Gasteiger partial charge in [0.25, 0.3) is 0 Å². The average molecular weight is 463 g/mol. The molecule has 3 aromatic rings. The van der Waals surface area contributed by atoms with E-state index in [1.54, 1.807) is 26.4 Å². The van der Waals surface area contributed by atoms with Crippen LogP contribution in [-0.2, 0) is 14.3 Å². The Balaban J connectivity index is 1.53. The number of nitrogens with two attached hydrogens (primary N) is 2. The zero-order valence-corrected chi connectivity index (χ0v) is 18.9. The molecule has 0 fully saturated rings. The second kappa shape index (κ2) is 11.4. The molecule has 0 aromatic heterocycles. The molecule has 3 aromatic carbocycles. The predicted molar refractivity (Wildman–Crippen MR) is 131 cm³/mol. The van der Waals surface area contributed by atoms with Crippen molar-refractivity contribution < 1.29 is 28.5 Å². The van der Waals surface area contributed by atoms with Crippen molar-refractivity contribution in [1.82, 2.24) is 0 Å². The summed E-state index contributed by atoms with van der Waals surface area (Å²) in [5, 5.41) is 0. The van der Waals surface area contributed by atoms with Gasteiger partial charge in [-0.2, -0.15) is 0 Å². The highest BCUT2D eigenvalue weighted by atomic mass is 16.6. The Labute approximate surface area is 197 Å². The number of anilines is 2. The number of carbonyl (C=O) groups is 2. The monoisotopic (exact) mass is 462 g/mol. The third kappa shape index (κ3) is 6.29. The second-order valence-corrected chi connectivity index (χ2v) is 7.17. The normalized spacial score (nSPS) is 10.6. The van der Waals surface area contributed by atoms with Crippen molar-refractivity contribution in [1.29, 1.82) is 0 Å². The first-order valence-electron chi connectivity index (χ1n) is 10.4. The van der Waals surface area contributed by atoms with Crippen LogP contribution in [0.3, 0.4) is 0 Å². The summed E-state index contributed by atoms with van der Waals surface area (Å²) in [6.45, 7) is -0.225. The minimum Gasteiger partial charge on any atom is -0.497 e. The Morgan fingerprint density at radius 1 is 0.824 bits per heavy atom. The smallest absolute Gasteiger partial charge is 0.340 e. The maximum atomic E-state index is 12.1. The summed E-state index contributed by atoms with van der Waals surface area (Å²) < 4.78 is 20.8. The molecule has 0 aliphatic heterocycles. The van der Waals surface area contributed by atoms with Gasteiger partial charge in [-0.3, -0.25) is 0 Å². The van der Waals surface area contributed by atoms with Gasteiger partial charge in [-0.05, 0) is 53.6 Å². The SMILES string of the molecule is COc1ccc(-c2ccc(/C=C/C(=O)OCCOC(=O)c3cc(N)ccc3N)c(OC)c2)cc1. The number of hydrogen-bond donors (Lipinski definition) is 2. The van der Waals surface area contributed by atoms with Crippen molar-refractivity contribution in [3.8, 4) is 22.6 Å². The van der Waals surface area contributed by atoms with Crippen molar-refractivity contribution in [3.05, 3.63) is 77.9 Å². The number of hydrogen-bond acceptors (Lipinski definition) is 8. The molecule has 8 nitrogen and oxygen atoms in total. The van der Waals surface area contributed by atoms with Gasteiger partial charge < -0.3 is 30.4 Å². The highest BCUT2D eigenvalue weighted by molar-refractivity contribution is 5.96. The molecule has 0 atom stereocenters. The quantitative estimate of drug-likeness (QED) is 0.212. The molecule has 8 heteroatoms. The summed E-state index contributed by atoms with van der Waals surface area (Å²) in [6, 6.07) is 17.9. The van der Waals surface area contributed by atoms with E-state index in [1.165, 1.54) is 18.2 Å². The number of ether oxygens (including phenoxy) is 4. The Bertz CT molecular complexity index is 1190. The van der Waals surface area contributed by atoms with Gasteiger partial charge in [0.1, 0.15) is 24.7 Å². The Hall–Kier alpha value is -4.46. The molecule has 34 heavy (non-hydrogen) atoms. The molecule has 0 spiro atoms. The van der Waals surface area contributed by atoms with Crippen LogP contribution < -0.4 is 20.9 Å². The molecule has 0 aliphatic carbocycles. The van der Waals surface area contributed by atoms with Crippen molar-refractivity contribution in [2.75, 3.05) is 38.9 Å². The average Bonchev–Trinajstić information content (AvgIpc) is 2.86.